The van der Waals surface area contributed by atoms with E-state index < -0.39 is 11.8 Å². The molecule has 0 aliphatic carbocycles. The van der Waals surface area contributed by atoms with Crippen LogP contribution >= 0.6 is 11.8 Å². The normalized spacial score (nSPS) is 10.3. The van der Waals surface area contributed by atoms with Gasteiger partial charge in [-0.15, -0.1) is 0 Å². The molecule has 1 aromatic heterocycles. The van der Waals surface area contributed by atoms with Crippen molar-refractivity contribution in [3.63, 3.8) is 0 Å². The van der Waals surface area contributed by atoms with Crippen molar-refractivity contribution in [3.05, 3.63) is 41.5 Å². The van der Waals surface area contributed by atoms with Gasteiger partial charge in [-0.25, -0.2) is 9.37 Å². The van der Waals surface area contributed by atoms with Crippen molar-refractivity contribution in [2.45, 2.75) is 18.5 Å². The number of hydrogen-bond acceptors (Lipinski definition) is 4. The van der Waals surface area contributed by atoms with Crippen LogP contribution in [0.4, 0.5) is 4.39 Å². The molecule has 1 heterocycles. The lowest BCUT2D eigenvalue weighted by atomic mass is 10.2. The van der Waals surface area contributed by atoms with Gasteiger partial charge in [0.25, 0.3) is 0 Å². The molecule has 0 fully saturated rings. The molecule has 1 aromatic carbocycles. The fourth-order valence-corrected chi connectivity index (χ4v) is 2.59. The molecule has 0 spiro atoms. The number of carboxylic acid groups (broad SMARTS) is 1. The van der Waals surface area contributed by atoms with Gasteiger partial charge in [0, 0.05) is 11.9 Å². The zero-order valence-electron chi connectivity index (χ0n) is 11.2. The predicted molar refractivity (Wildman–Crippen MR) is 76.0 cm³/mol. The van der Waals surface area contributed by atoms with Gasteiger partial charge in [-0.1, -0.05) is 18.7 Å². The zero-order valence-corrected chi connectivity index (χ0v) is 12.0. The topological polar surface area (TPSA) is 78.9 Å². The second-order valence-electron chi connectivity index (χ2n) is 4.18. The largest absolute Gasteiger partial charge is 0.481 e. The number of aliphatic carboxylic acids is 1. The van der Waals surface area contributed by atoms with E-state index in [1.807, 2.05) is 13.0 Å². The van der Waals surface area contributed by atoms with E-state index in [1.54, 1.807) is 10.8 Å². The number of nitrogens with zero attached hydrogens (tertiary/aromatic N) is 3. The maximum atomic E-state index is 14.2. The van der Waals surface area contributed by atoms with Crippen molar-refractivity contribution in [2.75, 3.05) is 5.75 Å². The number of halogens is 1. The van der Waals surface area contributed by atoms with Crippen LogP contribution in [0.2, 0.25) is 0 Å². The number of aromatic nitrogens is 2. The Morgan fingerprint density at radius 2 is 2.33 bits per heavy atom. The van der Waals surface area contributed by atoms with Gasteiger partial charge < -0.3 is 5.11 Å². The molecule has 0 amide bonds. The van der Waals surface area contributed by atoms with Crippen LogP contribution in [-0.2, 0) is 11.2 Å². The van der Waals surface area contributed by atoms with Gasteiger partial charge in [0.2, 0.25) is 0 Å². The first-order chi connectivity index (χ1) is 10.1. The average Bonchev–Trinajstić information content (AvgIpc) is 2.87. The van der Waals surface area contributed by atoms with Crippen LogP contribution in [-0.4, -0.2) is 26.4 Å². The molecule has 0 atom stereocenters. The molecule has 1 N–H and O–H groups in total. The molecular formula is C14H12FN3O2S. The maximum absolute atomic E-state index is 14.2. The average molecular weight is 305 g/mol. The van der Waals surface area contributed by atoms with Crippen molar-refractivity contribution >= 4 is 17.7 Å². The molecule has 0 aliphatic heterocycles. The van der Waals surface area contributed by atoms with E-state index in [0.29, 0.717) is 11.6 Å². The number of thioether (sulfide) groups is 1. The predicted octanol–water partition coefficient (Wildman–Crippen LogP) is 2.62. The van der Waals surface area contributed by atoms with Gasteiger partial charge in [0.1, 0.15) is 5.82 Å². The van der Waals surface area contributed by atoms with Gasteiger partial charge in [-0.05, 0) is 24.6 Å². The van der Waals surface area contributed by atoms with Gasteiger partial charge >= 0.3 is 5.97 Å². The summed E-state index contributed by atoms with van der Waals surface area (Å²) in [5.74, 6) is -1.66. The third kappa shape index (κ3) is 3.23. The van der Waals surface area contributed by atoms with Crippen molar-refractivity contribution in [1.82, 2.24) is 9.55 Å². The van der Waals surface area contributed by atoms with Crippen LogP contribution < -0.4 is 0 Å². The van der Waals surface area contributed by atoms with E-state index in [2.05, 4.69) is 4.98 Å². The minimum Gasteiger partial charge on any atom is -0.481 e. The second kappa shape index (κ2) is 6.41. The number of nitriles is 1. The fourth-order valence-electron chi connectivity index (χ4n) is 1.86. The molecule has 108 valence electrons. The second-order valence-corrected chi connectivity index (χ2v) is 5.12. The van der Waals surface area contributed by atoms with Crippen molar-refractivity contribution in [2.24, 2.45) is 0 Å². The molecule has 21 heavy (non-hydrogen) atoms. The summed E-state index contributed by atoms with van der Waals surface area (Å²) in [5, 5.41) is 17.9. The summed E-state index contributed by atoms with van der Waals surface area (Å²) >= 11 is 1.03. The van der Waals surface area contributed by atoms with Crippen LogP contribution in [0.25, 0.3) is 5.69 Å². The van der Waals surface area contributed by atoms with Crippen molar-refractivity contribution < 1.29 is 14.3 Å². The molecule has 5 nitrogen and oxygen atoms in total. The lowest BCUT2D eigenvalue weighted by Gasteiger charge is -2.11. The fraction of sp³-hybridized carbons (Fsp3) is 0.214. The lowest BCUT2D eigenvalue weighted by Crippen LogP contribution is -2.06. The first kappa shape index (κ1) is 15.1. The van der Waals surface area contributed by atoms with Gasteiger partial charge in [0.15, 0.2) is 5.16 Å². The number of carboxylic acids is 1. The Hall–Kier alpha value is -2.33. The van der Waals surface area contributed by atoms with E-state index in [1.165, 1.54) is 12.1 Å². The molecule has 0 saturated heterocycles. The summed E-state index contributed by atoms with van der Waals surface area (Å²) in [5.41, 5.74) is 1.26. The molecule has 2 aromatic rings. The standard InChI is InChI=1S/C14H12FN3O2S/c1-2-10-7-17-14(21-8-13(19)20)18(10)12-4-3-9(6-16)5-11(12)15/h3-5,7H,2,8H2,1H3,(H,19,20). The highest BCUT2D eigenvalue weighted by atomic mass is 32.2. The van der Waals surface area contributed by atoms with Crippen LogP contribution in [0.3, 0.4) is 0 Å². The van der Waals surface area contributed by atoms with Crippen LogP contribution in [0.5, 0.6) is 0 Å². The quantitative estimate of drug-likeness (QED) is 0.859. The van der Waals surface area contributed by atoms with Crippen LogP contribution in [0, 0.1) is 17.1 Å². The summed E-state index contributed by atoms with van der Waals surface area (Å²) in [6.07, 6.45) is 2.22. The third-order valence-corrected chi connectivity index (χ3v) is 3.74. The highest BCUT2D eigenvalue weighted by molar-refractivity contribution is 7.99. The van der Waals surface area contributed by atoms with Gasteiger partial charge in [0.05, 0.1) is 23.1 Å². The summed E-state index contributed by atoms with van der Waals surface area (Å²) in [4.78, 5) is 14.8. The van der Waals surface area contributed by atoms with E-state index >= 15 is 0 Å². The summed E-state index contributed by atoms with van der Waals surface area (Å²) in [6.45, 7) is 1.90. The Bertz CT molecular complexity index is 721. The van der Waals surface area contributed by atoms with Gasteiger partial charge in [-0.2, -0.15) is 5.26 Å². The molecule has 0 aliphatic rings. The Morgan fingerprint density at radius 3 is 2.90 bits per heavy atom. The van der Waals surface area contributed by atoms with E-state index in [0.717, 1.165) is 23.5 Å². The first-order valence-corrected chi connectivity index (χ1v) is 7.16. The number of hydrogen-bond donors (Lipinski definition) is 1. The molecular weight excluding hydrogens is 293 g/mol. The highest BCUT2D eigenvalue weighted by Crippen LogP contribution is 2.26. The summed E-state index contributed by atoms with van der Waals surface area (Å²) < 4.78 is 15.8. The van der Waals surface area contributed by atoms with E-state index in [4.69, 9.17) is 10.4 Å². The number of carbonyl (C=O) groups is 1. The van der Waals surface area contributed by atoms with Crippen molar-refractivity contribution in [1.29, 1.82) is 5.26 Å². The van der Waals surface area contributed by atoms with Crippen molar-refractivity contribution in [3.8, 4) is 11.8 Å². The van der Waals surface area contributed by atoms with Crippen LogP contribution in [0.15, 0.2) is 29.6 Å². The molecule has 0 saturated carbocycles. The molecule has 0 radical (unpaired) electrons. The Balaban J connectivity index is 2.49. The summed E-state index contributed by atoms with van der Waals surface area (Å²) in [6, 6.07) is 6.05. The minimum absolute atomic E-state index is 0.155. The molecule has 2 rings (SSSR count). The monoisotopic (exact) mass is 305 g/mol. The smallest absolute Gasteiger partial charge is 0.313 e. The Morgan fingerprint density at radius 1 is 1.57 bits per heavy atom. The van der Waals surface area contributed by atoms with E-state index in [9.17, 15) is 9.18 Å². The number of benzene rings is 1. The highest BCUT2D eigenvalue weighted by Gasteiger charge is 2.16. The molecule has 0 bridgehead atoms. The Labute approximate surface area is 125 Å². The molecule has 0 unspecified atom stereocenters. The molecule has 7 heteroatoms. The SMILES string of the molecule is CCc1cnc(SCC(=O)O)n1-c1ccc(C#N)cc1F. The number of aryl methyl sites for hydroxylation is 1. The van der Waals surface area contributed by atoms with E-state index in [-0.39, 0.29) is 17.0 Å². The lowest BCUT2D eigenvalue weighted by molar-refractivity contribution is -0.133. The maximum Gasteiger partial charge on any atom is 0.313 e. The minimum atomic E-state index is -0.965. The zero-order chi connectivity index (χ0) is 15.4. The first-order valence-electron chi connectivity index (χ1n) is 6.18. The third-order valence-electron chi connectivity index (χ3n) is 2.81. The number of imidazole rings is 1. The number of rotatable bonds is 5. The summed E-state index contributed by atoms with van der Waals surface area (Å²) in [7, 11) is 0. The van der Waals surface area contributed by atoms with Gasteiger partial charge in [-0.3, -0.25) is 9.36 Å². The van der Waals surface area contributed by atoms with Crippen LogP contribution in [0.1, 0.15) is 18.2 Å². The Kier molecular flexibility index (Phi) is 4.60.